The third-order valence-electron chi connectivity index (χ3n) is 4.02. The molecule has 3 nitrogen and oxygen atoms in total. The van der Waals surface area contributed by atoms with Gasteiger partial charge < -0.3 is 15.4 Å². The molecule has 1 aliphatic heterocycles. The second-order valence-electron chi connectivity index (χ2n) is 5.88. The van der Waals surface area contributed by atoms with Crippen molar-refractivity contribution >= 4 is 23.5 Å². The average Bonchev–Trinajstić information content (AvgIpc) is 2.65. The average molecular weight is 375 g/mol. The molecule has 0 aromatic heterocycles. The Labute approximate surface area is 159 Å². The van der Waals surface area contributed by atoms with E-state index in [-0.39, 0.29) is 0 Å². The Morgan fingerprint density at radius 2 is 1.16 bits per heavy atom. The fourth-order valence-electron chi connectivity index (χ4n) is 2.72. The van der Waals surface area contributed by atoms with Gasteiger partial charge in [0, 0.05) is 47.5 Å². The maximum absolute atomic E-state index is 5.70. The second kappa shape index (κ2) is 10.9. The van der Waals surface area contributed by atoms with Crippen molar-refractivity contribution in [2.24, 2.45) is 0 Å². The van der Waals surface area contributed by atoms with E-state index in [9.17, 15) is 0 Å². The molecule has 0 radical (unpaired) electrons. The maximum Gasteiger partial charge on any atom is 0.0591 e. The van der Waals surface area contributed by atoms with Crippen LogP contribution in [-0.4, -0.2) is 37.8 Å². The normalized spacial score (nSPS) is 17.9. The number of rotatable bonds is 0. The van der Waals surface area contributed by atoms with Gasteiger partial charge in [0.25, 0.3) is 0 Å². The Balaban J connectivity index is 1.64. The zero-order valence-corrected chi connectivity index (χ0v) is 16.1. The summed E-state index contributed by atoms with van der Waals surface area (Å²) in [5.41, 5.74) is 2.76. The van der Waals surface area contributed by atoms with Crippen molar-refractivity contribution in [3.63, 3.8) is 0 Å². The molecule has 5 heteroatoms. The van der Waals surface area contributed by atoms with Gasteiger partial charge in [0.1, 0.15) is 0 Å². The Morgan fingerprint density at radius 1 is 0.680 bits per heavy atom. The highest BCUT2D eigenvalue weighted by molar-refractivity contribution is 8.03. The van der Waals surface area contributed by atoms with Crippen LogP contribution in [0.2, 0.25) is 0 Å². The molecule has 25 heavy (non-hydrogen) atoms. The lowest BCUT2D eigenvalue weighted by Gasteiger charge is -2.11. The molecule has 2 N–H and O–H groups in total. The number of benzene rings is 2. The SMILES string of the molecule is c1ccc2c(c1)CNCCOCCNCc1ccccc1SCCS2. The van der Waals surface area contributed by atoms with Crippen molar-refractivity contribution in [2.75, 3.05) is 37.8 Å². The molecule has 0 amide bonds. The van der Waals surface area contributed by atoms with Gasteiger partial charge in [0.15, 0.2) is 0 Å². The van der Waals surface area contributed by atoms with Crippen LogP contribution >= 0.6 is 23.5 Å². The zero-order chi connectivity index (χ0) is 17.2. The minimum atomic E-state index is 0.753. The van der Waals surface area contributed by atoms with Crippen molar-refractivity contribution < 1.29 is 4.74 Å². The van der Waals surface area contributed by atoms with Crippen molar-refractivity contribution in [1.29, 1.82) is 0 Å². The third-order valence-corrected chi connectivity index (χ3v) is 6.51. The largest absolute Gasteiger partial charge is 0.379 e. The van der Waals surface area contributed by atoms with E-state index in [0.717, 1.165) is 50.9 Å². The lowest BCUT2D eigenvalue weighted by Crippen LogP contribution is -2.23. The number of fused-ring (bicyclic) bond motifs is 2. The molecule has 1 aliphatic rings. The second-order valence-corrected chi connectivity index (χ2v) is 8.15. The lowest BCUT2D eigenvalue weighted by atomic mass is 10.2. The summed E-state index contributed by atoms with van der Waals surface area (Å²) < 4.78 is 5.70. The fourth-order valence-corrected chi connectivity index (χ4v) is 4.83. The van der Waals surface area contributed by atoms with Crippen LogP contribution in [0.5, 0.6) is 0 Å². The van der Waals surface area contributed by atoms with Crippen LogP contribution in [0.4, 0.5) is 0 Å². The van der Waals surface area contributed by atoms with Crippen LogP contribution < -0.4 is 10.6 Å². The molecule has 134 valence electrons. The molecule has 0 saturated carbocycles. The molecule has 1 heterocycles. The topological polar surface area (TPSA) is 33.3 Å². The van der Waals surface area contributed by atoms with E-state index >= 15 is 0 Å². The number of thioether (sulfide) groups is 2. The monoisotopic (exact) mass is 374 g/mol. The highest BCUT2D eigenvalue weighted by atomic mass is 32.2. The fraction of sp³-hybridized carbons (Fsp3) is 0.400. The summed E-state index contributed by atoms with van der Waals surface area (Å²) in [5.74, 6) is 2.24. The summed E-state index contributed by atoms with van der Waals surface area (Å²) in [4.78, 5) is 2.77. The van der Waals surface area contributed by atoms with Crippen molar-refractivity contribution in [2.45, 2.75) is 22.9 Å². The Hall–Kier alpha value is -0.980. The summed E-state index contributed by atoms with van der Waals surface area (Å²) in [7, 11) is 0. The quantitative estimate of drug-likeness (QED) is 0.733. The number of hydrogen-bond acceptors (Lipinski definition) is 5. The van der Waals surface area contributed by atoms with Crippen LogP contribution in [0.1, 0.15) is 11.1 Å². The molecule has 3 rings (SSSR count). The van der Waals surface area contributed by atoms with E-state index in [0.29, 0.717) is 0 Å². The minimum Gasteiger partial charge on any atom is -0.379 e. The number of ether oxygens (including phenoxy) is 1. The Morgan fingerprint density at radius 3 is 1.68 bits per heavy atom. The van der Waals surface area contributed by atoms with Gasteiger partial charge in [-0.3, -0.25) is 0 Å². The standard InChI is InChI=1S/C20H26N2OS2/c1-3-7-19-17(5-1)15-21-9-11-23-12-10-22-16-18-6-2-4-8-20(18)25-14-13-24-19/h1-8,21-22H,9-16H2. The van der Waals surface area contributed by atoms with Gasteiger partial charge >= 0.3 is 0 Å². The molecule has 0 atom stereocenters. The number of nitrogens with one attached hydrogen (secondary N) is 2. The summed E-state index contributed by atoms with van der Waals surface area (Å²) >= 11 is 3.91. The van der Waals surface area contributed by atoms with E-state index in [1.165, 1.54) is 20.9 Å². The lowest BCUT2D eigenvalue weighted by molar-refractivity contribution is 0.137. The van der Waals surface area contributed by atoms with Gasteiger partial charge in [0.2, 0.25) is 0 Å². The summed E-state index contributed by atoms with van der Waals surface area (Å²) in [5, 5.41) is 6.97. The highest BCUT2D eigenvalue weighted by Gasteiger charge is 2.05. The summed E-state index contributed by atoms with van der Waals surface area (Å²) in [6.45, 7) is 5.09. The molecule has 0 aliphatic carbocycles. The molecule has 0 spiro atoms. The highest BCUT2D eigenvalue weighted by Crippen LogP contribution is 2.27. The van der Waals surface area contributed by atoms with Gasteiger partial charge in [0.05, 0.1) is 13.2 Å². The first kappa shape index (κ1) is 18.8. The van der Waals surface area contributed by atoms with Crippen LogP contribution in [-0.2, 0) is 17.8 Å². The van der Waals surface area contributed by atoms with E-state index in [4.69, 9.17) is 4.74 Å². The molecular formula is C20H26N2OS2. The smallest absolute Gasteiger partial charge is 0.0591 e. The van der Waals surface area contributed by atoms with Crippen molar-refractivity contribution in [3.05, 3.63) is 59.7 Å². The Kier molecular flexibility index (Phi) is 8.19. The molecule has 0 fully saturated rings. The predicted molar refractivity (Wildman–Crippen MR) is 109 cm³/mol. The molecule has 0 saturated heterocycles. The van der Waals surface area contributed by atoms with Gasteiger partial charge in [-0.25, -0.2) is 0 Å². The molecule has 2 aromatic carbocycles. The first-order chi connectivity index (χ1) is 12.4. The minimum absolute atomic E-state index is 0.753. The first-order valence-corrected chi connectivity index (χ1v) is 10.8. The van der Waals surface area contributed by atoms with Gasteiger partial charge in [-0.05, 0) is 23.3 Å². The van der Waals surface area contributed by atoms with Crippen molar-refractivity contribution in [1.82, 2.24) is 10.6 Å². The third kappa shape index (κ3) is 6.35. The summed E-state index contributed by atoms with van der Waals surface area (Å²) in [6.07, 6.45) is 0. The van der Waals surface area contributed by atoms with Crippen molar-refractivity contribution in [3.8, 4) is 0 Å². The maximum atomic E-state index is 5.70. The van der Waals surface area contributed by atoms with E-state index in [2.05, 4.69) is 59.2 Å². The molecular weight excluding hydrogens is 348 g/mol. The Bertz CT molecular complexity index is 596. The van der Waals surface area contributed by atoms with Gasteiger partial charge in [-0.2, -0.15) is 0 Å². The van der Waals surface area contributed by atoms with Crippen LogP contribution in [0.3, 0.4) is 0 Å². The van der Waals surface area contributed by atoms with Crippen LogP contribution in [0.25, 0.3) is 0 Å². The molecule has 0 bridgehead atoms. The predicted octanol–water partition coefficient (Wildman–Crippen LogP) is 3.78. The molecule has 0 unspecified atom stereocenters. The van der Waals surface area contributed by atoms with E-state index in [1.807, 2.05) is 23.5 Å². The summed E-state index contributed by atoms with van der Waals surface area (Å²) in [6, 6.07) is 17.4. The van der Waals surface area contributed by atoms with Crippen LogP contribution in [0.15, 0.2) is 58.3 Å². The zero-order valence-electron chi connectivity index (χ0n) is 14.5. The van der Waals surface area contributed by atoms with E-state index < -0.39 is 0 Å². The first-order valence-electron chi connectivity index (χ1n) is 8.84. The van der Waals surface area contributed by atoms with E-state index in [1.54, 1.807) is 0 Å². The molecule has 2 aromatic rings. The van der Waals surface area contributed by atoms with Gasteiger partial charge in [-0.1, -0.05) is 36.4 Å². The van der Waals surface area contributed by atoms with Gasteiger partial charge in [-0.15, -0.1) is 23.5 Å². The number of hydrogen-bond donors (Lipinski definition) is 2. The van der Waals surface area contributed by atoms with Crippen LogP contribution in [0, 0.1) is 0 Å².